The van der Waals surface area contributed by atoms with Crippen molar-refractivity contribution in [3.05, 3.63) is 59.7 Å². The third kappa shape index (κ3) is 4.76. The maximum absolute atomic E-state index is 12.2. The number of nitrogens with one attached hydrogen (secondary N) is 1. The van der Waals surface area contributed by atoms with Gasteiger partial charge in [-0.2, -0.15) is 0 Å². The van der Waals surface area contributed by atoms with Gasteiger partial charge < -0.3 is 19.5 Å². The van der Waals surface area contributed by atoms with Gasteiger partial charge in [0.15, 0.2) is 11.5 Å². The molecule has 0 aromatic heterocycles. The summed E-state index contributed by atoms with van der Waals surface area (Å²) in [6.45, 7) is 1.92. The Bertz CT molecular complexity index is 755. The van der Waals surface area contributed by atoms with Gasteiger partial charge in [0.25, 0.3) is 0 Å². The van der Waals surface area contributed by atoms with E-state index in [1.807, 2.05) is 43.3 Å². The molecule has 2 rings (SSSR count). The molecule has 0 aliphatic carbocycles. The van der Waals surface area contributed by atoms with E-state index in [9.17, 15) is 4.79 Å². The van der Waals surface area contributed by atoms with Gasteiger partial charge in [0.2, 0.25) is 5.91 Å². The number of methoxy groups -OCH3 is 3. The first-order valence-corrected chi connectivity index (χ1v) is 7.92. The van der Waals surface area contributed by atoms with E-state index in [0.717, 1.165) is 16.9 Å². The number of carbonyl (C=O) groups is 1. The molecule has 0 spiro atoms. The van der Waals surface area contributed by atoms with Gasteiger partial charge in [-0.3, -0.25) is 4.79 Å². The minimum absolute atomic E-state index is 0.168. The molecule has 0 saturated carbocycles. The third-order valence-electron chi connectivity index (χ3n) is 3.80. The number of hydrogen-bond acceptors (Lipinski definition) is 4. The fourth-order valence-corrected chi connectivity index (χ4v) is 2.49. The van der Waals surface area contributed by atoms with Crippen molar-refractivity contribution in [2.75, 3.05) is 21.3 Å². The van der Waals surface area contributed by atoms with Gasteiger partial charge in [-0.1, -0.05) is 24.3 Å². The molecule has 5 heteroatoms. The first kappa shape index (κ1) is 18.4. The lowest BCUT2D eigenvalue weighted by Crippen LogP contribution is -2.24. The Labute approximate surface area is 148 Å². The van der Waals surface area contributed by atoms with Gasteiger partial charge in [0, 0.05) is 11.6 Å². The number of amides is 1. The van der Waals surface area contributed by atoms with Crippen LogP contribution in [-0.2, 0) is 4.79 Å². The van der Waals surface area contributed by atoms with Crippen LogP contribution >= 0.6 is 0 Å². The van der Waals surface area contributed by atoms with Crippen molar-refractivity contribution in [1.82, 2.24) is 5.32 Å². The van der Waals surface area contributed by atoms with E-state index in [-0.39, 0.29) is 11.9 Å². The van der Waals surface area contributed by atoms with E-state index >= 15 is 0 Å². The zero-order chi connectivity index (χ0) is 18.2. The van der Waals surface area contributed by atoms with E-state index in [1.54, 1.807) is 33.5 Å². The third-order valence-corrected chi connectivity index (χ3v) is 3.80. The average molecular weight is 341 g/mol. The van der Waals surface area contributed by atoms with Crippen LogP contribution in [0.2, 0.25) is 0 Å². The van der Waals surface area contributed by atoms with Crippen LogP contribution in [0.1, 0.15) is 24.1 Å². The van der Waals surface area contributed by atoms with Crippen LogP contribution in [0.3, 0.4) is 0 Å². The number of carbonyl (C=O) groups excluding carboxylic acids is 1. The number of para-hydroxylation sites is 1. The van der Waals surface area contributed by atoms with Crippen molar-refractivity contribution in [2.45, 2.75) is 13.0 Å². The molecule has 0 fully saturated rings. The summed E-state index contributed by atoms with van der Waals surface area (Å²) in [4.78, 5) is 12.2. The summed E-state index contributed by atoms with van der Waals surface area (Å²) >= 11 is 0. The minimum Gasteiger partial charge on any atom is -0.496 e. The number of rotatable bonds is 7. The molecular weight excluding hydrogens is 318 g/mol. The van der Waals surface area contributed by atoms with Gasteiger partial charge in [-0.15, -0.1) is 0 Å². The van der Waals surface area contributed by atoms with E-state index in [4.69, 9.17) is 14.2 Å². The van der Waals surface area contributed by atoms with Crippen LogP contribution in [-0.4, -0.2) is 27.2 Å². The molecule has 0 radical (unpaired) electrons. The fourth-order valence-electron chi connectivity index (χ4n) is 2.49. The van der Waals surface area contributed by atoms with E-state index in [0.29, 0.717) is 11.5 Å². The zero-order valence-electron chi connectivity index (χ0n) is 14.9. The molecule has 1 amide bonds. The molecule has 1 atom stereocenters. The van der Waals surface area contributed by atoms with E-state index in [2.05, 4.69) is 5.32 Å². The zero-order valence-corrected chi connectivity index (χ0v) is 14.9. The molecule has 25 heavy (non-hydrogen) atoms. The average Bonchev–Trinajstić information content (AvgIpc) is 2.65. The lowest BCUT2D eigenvalue weighted by molar-refractivity contribution is -0.117. The highest BCUT2D eigenvalue weighted by atomic mass is 16.5. The van der Waals surface area contributed by atoms with Gasteiger partial charge in [0.1, 0.15) is 5.75 Å². The molecule has 0 aliphatic heterocycles. The highest BCUT2D eigenvalue weighted by Crippen LogP contribution is 2.28. The monoisotopic (exact) mass is 341 g/mol. The Morgan fingerprint density at radius 1 is 0.960 bits per heavy atom. The second-order valence-corrected chi connectivity index (χ2v) is 5.42. The fraction of sp³-hybridized carbons (Fsp3) is 0.250. The van der Waals surface area contributed by atoms with Crippen molar-refractivity contribution in [3.63, 3.8) is 0 Å². The Morgan fingerprint density at radius 2 is 1.64 bits per heavy atom. The van der Waals surface area contributed by atoms with Gasteiger partial charge in [-0.05, 0) is 36.8 Å². The molecule has 1 N–H and O–H groups in total. The van der Waals surface area contributed by atoms with Crippen molar-refractivity contribution >= 4 is 12.0 Å². The Kier molecular flexibility index (Phi) is 6.46. The second-order valence-electron chi connectivity index (χ2n) is 5.42. The number of hydrogen-bond donors (Lipinski definition) is 1. The SMILES string of the molecule is COc1ccc(/C=C/C(=O)N[C@H](C)c2ccccc2OC)cc1OC. The summed E-state index contributed by atoms with van der Waals surface area (Å²) in [7, 11) is 4.78. The van der Waals surface area contributed by atoms with Crippen molar-refractivity contribution in [3.8, 4) is 17.2 Å². The number of ether oxygens (including phenoxy) is 3. The second kappa shape index (κ2) is 8.78. The van der Waals surface area contributed by atoms with Gasteiger partial charge in [-0.25, -0.2) is 0 Å². The summed E-state index contributed by atoms with van der Waals surface area (Å²) in [6.07, 6.45) is 3.22. The van der Waals surface area contributed by atoms with Crippen LogP contribution < -0.4 is 19.5 Å². The lowest BCUT2D eigenvalue weighted by atomic mass is 10.1. The van der Waals surface area contributed by atoms with Crippen LogP contribution in [0.4, 0.5) is 0 Å². The standard InChI is InChI=1S/C20H23NO4/c1-14(16-7-5-6-8-17(16)23-2)21-20(22)12-10-15-9-11-18(24-3)19(13-15)25-4/h5-14H,1-4H3,(H,21,22)/b12-10+/t14-/m1/s1. The van der Waals surface area contributed by atoms with E-state index in [1.165, 1.54) is 6.08 Å². The van der Waals surface area contributed by atoms with Crippen molar-refractivity contribution in [1.29, 1.82) is 0 Å². The summed E-state index contributed by atoms with van der Waals surface area (Å²) in [5, 5.41) is 2.93. The molecule has 2 aromatic carbocycles. The normalized spacial score (nSPS) is 11.8. The highest BCUT2D eigenvalue weighted by molar-refractivity contribution is 5.92. The largest absolute Gasteiger partial charge is 0.496 e. The van der Waals surface area contributed by atoms with Crippen LogP contribution in [0, 0.1) is 0 Å². The summed E-state index contributed by atoms with van der Waals surface area (Å²) in [5.41, 5.74) is 1.77. The molecule has 132 valence electrons. The van der Waals surface area contributed by atoms with E-state index < -0.39 is 0 Å². The van der Waals surface area contributed by atoms with Crippen LogP contribution in [0.25, 0.3) is 6.08 Å². The molecule has 0 unspecified atom stereocenters. The Morgan fingerprint density at radius 3 is 2.32 bits per heavy atom. The lowest BCUT2D eigenvalue weighted by Gasteiger charge is -2.16. The number of benzene rings is 2. The maximum Gasteiger partial charge on any atom is 0.244 e. The summed E-state index contributed by atoms with van der Waals surface area (Å²) in [5.74, 6) is 1.83. The molecule has 0 bridgehead atoms. The van der Waals surface area contributed by atoms with Gasteiger partial charge in [0.05, 0.1) is 27.4 Å². The Hall–Kier alpha value is -2.95. The molecular formula is C20H23NO4. The molecule has 0 saturated heterocycles. The predicted octanol–water partition coefficient (Wildman–Crippen LogP) is 3.60. The van der Waals surface area contributed by atoms with Crippen LogP contribution in [0.5, 0.6) is 17.2 Å². The van der Waals surface area contributed by atoms with Crippen molar-refractivity contribution < 1.29 is 19.0 Å². The molecule has 0 heterocycles. The van der Waals surface area contributed by atoms with Gasteiger partial charge >= 0.3 is 0 Å². The molecule has 2 aromatic rings. The summed E-state index contributed by atoms with van der Waals surface area (Å²) < 4.78 is 15.8. The van der Waals surface area contributed by atoms with Crippen molar-refractivity contribution in [2.24, 2.45) is 0 Å². The van der Waals surface area contributed by atoms with Crippen LogP contribution in [0.15, 0.2) is 48.5 Å². The summed E-state index contributed by atoms with van der Waals surface area (Å²) in [6, 6.07) is 12.9. The topological polar surface area (TPSA) is 56.8 Å². The smallest absolute Gasteiger partial charge is 0.244 e. The minimum atomic E-state index is -0.187. The Balaban J connectivity index is 2.05. The first-order valence-electron chi connectivity index (χ1n) is 7.92. The quantitative estimate of drug-likeness (QED) is 0.782. The first-order chi connectivity index (χ1) is 12.1. The predicted molar refractivity (Wildman–Crippen MR) is 98.1 cm³/mol. The maximum atomic E-state index is 12.2. The highest BCUT2D eigenvalue weighted by Gasteiger charge is 2.12. The molecule has 5 nitrogen and oxygen atoms in total. The molecule has 0 aliphatic rings.